The Bertz CT molecular complexity index is 701. The maximum Gasteiger partial charge on any atom is 0.142 e. The summed E-state index contributed by atoms with van der Waals surface area (Å²) >= 11 is 12.0. The van der Waals surface area contributed by atoms with Gasteiger partial charge in [-0.25, -0.2) is 4.39 Å². The molecule has 110 valence electrons. The predicted molar refractivity (Wildman–Crippen MR) is 83.3 cm³/mol. The Hall–Kier alpha value is -1.16. The van der Waals surface area contributed by atoms with E-state index < -0.39 is 11.4 Å². The van der Waals surface area contributed by atoms with E-state index in [-0.39, 0.29) is 10.9 Å². The number of aryl methyl sites for hydroxylation is 1. The van der Waals surface area contributed by atoms with Gasteiger partial charge in [-0.3, -0.25) is 4.98 Å². The lowest BCUT2D eigenvalue weighted by molar-refractivity contribution is 0.379. The summed E-state index contributed by atoms with van der Waals surface area (Å²) in [6.07, 6.45) is 3.56. The Kier molecular flexibility index (Phi) is 3.68. The number of pyridine rings is 1. The molecule has 0 saturated carbocycles. The van der Waals surface area contributed by atoms with Gasteiger partial charge in [0.05, 0.1) is 5.02 Å². The first-order valence-corrected chi connectivity index (χ1v) is 7.54. The van der Waals surface area contributed by atoms with Gasteiger partial charge in [-0.05, 0) is 49.1 Å². The molecular weight excluding hydrogens is 310 g/mol. The van der Waals surface area contributed by atoms with Crippen LogP contribution in [-0.4, -0.2) is 4.98 Å². The number of rotatable bonds is 2. The van der Waals surface area contributed by atoms with Crippen LogP contribution in [0.4, 0.5) is 4.39 Å². The number of nitrogens with two attached hydrogens (primary N) is 1. The van der Waals surface area contributed by atoms with E-state index in [4.69, 9.17) is 28.9 Å². The van der Waals surface area contributed by atoms with Crippen LogP contribution in [0.5, 0.6) is 0 Å². The van der Waals surface area contributed by atoms with E-state index in [1.165, 1.54) is 17.7 Å². The minimum Gasteiger partial charge on any atom is -0.321 e. The summed E-state index contributed by atoms with van der Waals surface area (Å²) in [6, 6.07) is 6.73. The summed E-state index contributed by atoms with van der Waals surface area (Å²) in [5.74, 6) is -0.501. The topological polar surface area (TPSA) is 38.9 Å². The normalized spacial score (nSPS) is 20.1. The highest BCUT2D eigenvalue weighted by Gasteiger charge is 2.40. The fraction of sp³-hybridized carbons (Fsp3) is 0.312. The van der Waals surface area contributed by atoms with Crippen LogP contribution in [0.2, 0.25) is 10.0 Å². The molecule has 0 saturated heterocycles. The van der Waals surface area contributed by atoms with E-state index in [2.05, 4.69) is 11.1 Å². The van der Waals surface area contributed by atoms with E-state index >= 15 is 0 Å². The van der Waals surface area contributed by atoms with E-state index in [1.54, 1.807) is 6.20 Å². The quantitative estimate of drug-likeness (QED) is 0.830. The zero-order valence-electron chi connectivity index (χ0n) is 11.5. The molecule has 1 aliphatic rings. The first-order chi connectivity index (χ1) is 9.91. The third-order valence-electron chi connectivity index (χ3n) is 4.27. The van der Waals surface area contributed by atoms with Gasteiger partial charge >= 0.3 is 0 Å². The molecule has 2 atom stereocenters. The van der Waals surface area contributed by atoms with Crippen LogP contribution in [0.15, 0.2) is 30.5 Å². The molecule has 2 aromatic rings. The molecule has 0 amide bonds. The molecule has 21 heavy (non-hydrogen) atoms. The molecule has 3 rings (SSSR count). The van der Waals surface area contributed by atoms with Crippen LogP contribution >= 0.6 is 23.2 Å². The minimum atomic E-state index is -0.803. The Balaban J connectivity index is 2.08. The highest BCUT2D eigenvalue weighted by atomic mass is 35.5. The third kappa shape index (κ3) is 2.44. The van der Waals surface area contributed by atoms with Crippen molar-refractivity contribution in [1.82, 2.24) is 4.98 Å². The van der Waals surface area contributed by atoms with Crippen LogP contribution in [-0.2, 0) is 12.0 Å². The van der Waals surface area contributed by atoms with E-state index in [0.29, 0.717) is 10.6 Å². The van der Waals surface area contributed by atoms with E-state index in [0.717, 1.165) is 18.5 Å². The van der Waals surface area contributed by atoms with Gasteiger partial charge in [0.15, 0.2) is 0 Å². The standard InChI is InChI=1S/C16H15Cl2FN2/c1-16(20,11-7-14(19)13(18)8-12(11)17)10-5-4-9-3-2-6-21-15(9)10/h2-3,6-8,10H,4-5,20H2,1H3. The summed E-state index contributed by atoms with van der Waals surface area (Å²) in [5.41, 5.74) is 8.48. The maximum atomic E-state index is 13.8. The monoisotopic (exact) mass is 324 g/mol. The summed E-state index contributed by atoms with van der Waals surface area (Å²) in [5, 5.41) is 0.389. The van der Waals surface area contributed by atoms with Gasteiger partial charge in [-0.1, -0.05) is 29.3 Å². The van der Waals surface area contributed by atoms with Gasteiger partial charge < -0.3 is 5.73 Å². The SMILES string of the molecule is CC(N)(c1cc(F)c(Cl)cc1Cl)C1CCc2cccnc21. The van der Waals surface area contributed by atoms with Gasteiger partial charge in [-0.15, -0.1) is 0 Å². The Morgan fingerprint density at radius 1 is 1.33 bits per heavy atom. The number of halogens is 3. The van der Waals surface area contributed by atoms with E-state index in [1.807, 2.05) is 13.0 Å². The average Bonchev–Trinajstić information content (AvgIpc) is 2.87. The second kappa shape index (κ2) is 5.24. The number of hydrogen-bond acceptors (Lipinski definition) is 2. The highest BCUT2D eigenvalue weighted by Crippen LogP contribution is 2.45. The molecule has 2 unspecified atom stereocenters. The summed E-state index contributed by atoms with van der Waals surface area (Å²) in [6.45, 7) is 1.87. The molecule has 0 bridgehead atoms. The lowest BCUT2D eigenvalue weighted by Gasteiger charge is -2.33. The van der Waals surface area contributed by atoms with Crippen LogP contribution < -0.4 is 5.73 Å². The molecule has 5 heteroatoms. The van der Waals surface area contributed by atoms with Crippen molar-refractivity contribution in [3.05, 3.63) is 63.1 Å². The zero-order valence-corrected chi connectivity index (χ0v) is 13.0. The first kappa shape index (κ1) is 14.8. The van der Waals surface area contributed by atoms with Crippen molar-refractivity contribution in [3.63, 3.8) is 0 Å². The Labute approximate surface area is 133 Å². The lowest BCUT2D eigenvalue weighted by Crippen LogP contribution is -2.39. The van der Waals surface area contributed by atoms with Crippen molar-refractivity contribution in [3.8, 4) is 0 Å². The second-order valence-electron chi connectivity index (χ2n) is 5.67. The van der Waals surface area contributed by atoms with Crippen LogP contribution in [0.3, 0.4) is 0 Å². The second-order valence-corrected chi connectivity index (χ2v) is 6.48. The molecule has 1 heterocycles. The predicted octanol–water partition coefficient (Wildman–Crippen LogP) is 4.43. The molecule has 0 aliphatic heterocycles. The largest absolute Gasteiger partial charge is 0.321 e. The molecule has 0 radical (unpaired) electrons. The summed E-state index contributed by atoms with van der Waals surface area (Å²) in [7, 11) is 0. The van der Waals surface area contributed by atoms with Crippen molar-refractivity contribution in [2.45, 2.75) is 31.2 Å². The molecule has 0 spiro atoms. The molecule has 1 aliphatic carbocycles. The summed E-state index contributed by atoms with van der Waals surface area (Å²) < 4.78 is 13.8. The van der Waals surface area contributed by atoms with Gasteiger partial charge in [0, 0.05) is 28.4 Å². The first-order valence-electron chi connectivity index (χ1n) is 6.79. The maximum absolute atomic E-state index is 13.8. The smallest absolute Gasteiger partial charge is 0.142 e. The number of benzene rings is 1. The number of hydrogen-bond donors (Lipinski definition) is 1. The van der Waals surface area contributed by atoms with Crippen molar-refractivity contribution in [2.24, 2.45) is 5.73 Å². The zero-order chi connectivity index (χ0) is 15.2. The molecule has 1 aromatic carbocycles. The Morgan fingerprint density at radius 3 is 2.86 bits per heavy atom. The molecule has 2 N–H and O–H groups in total. The number of fused-ring (bicyclic) bond motifs is 1. The fourth-order valence-electron chi connectivity index (χ4n) is 3.12. The minimum absolute atomic E-state index is 0.00416. The van der Waals surface area contributed by atoms with Gasteiger partial charge in [0.1, 0.15) is 5.82 Å². The van der Waals surface area contributed by atoms with E-state index in [9.17, 15) is 4.39 Å². The van der Waals surface area contributed by atoms with Gasteiger partial charge in [0.25, 0.3) is 0 Å². The van der Waals surface area contributed by atoms with Crippen LogP contribution in [0.25, 0.3) is 0 Å². The molecule has 1 aromatic heterocycles. The average molecular weight is 325 g/mol. The third-order valence-corrected chi connectivity index (χ3v) is 4.88. The number of aromatic nitrogens is 1. The molecule has 2 nitrogen and oxygen atoms in total. The van der Waals surface area contributed by atoms with Crippen molar-refractivity contribution in [1.29, 1.82) is 0 Å². The molecular formula is C16H15Cl2FN2. The highest BCUT2D eigenvalue weighted by molar-refractivity contribution is 6.35. The number of nitrogens with zero attached hydrogens (tertiary/aromatic N) is 1. The lowest BCUT2D eigenvalue weighted by atomic mass is 9.78. The van der Waals surface area contributed by atoms with Gasteiger partial charge in [0.2, 0.25) is 0 Å². The van der Waals surface area contributed by atoms with Crippen molar-refractivity contribution in [2.75, 3.05) is 0 Å². The van der Waals surface area contributed by atoms with Crippen molar-refractivity contribution < 1.29 is 4.39 Å². The summed E-state index contributed by atoms with van der Waals surface area (Å²) in [4.78, 5) is 4.46. The Morgan fingerprint density at radius 2 is 2.10 bits per heavy atom. The van der Waals surface area contributed by atoms with Crippen LogP contribution in [0, 0.1) is 5.82 Å². The van der Waals surface area contributed by atoms with Gasteiger partial charge in [-0.2, -0.15) is 0 Å². The molecule has 0 fully saturated rings. The van der Waals surface area contributed by atoms with Crippen LogP contribution in [0.1, 0.15) is 36.1 Å². The fourth-order valence-corrected chi connectivity index (χ4v) is 3.71. The van der Waals surface area contributed by atoms with Crippen molar-refractivity contribution >= 4 is 23.2 Å².